The zero-order valence-electron chi connectivity index (χ0n) is 16.1. The van der Waals surface area contributed by atoms with Gasteiger partial charge in [-0.2, -0.15) is 0 Å². The van der Waals surface area contributed by atoms with Crippen LogP contribution in [0.25, 0.3) is 10.8 Å². The third kappa shape index (κ3) is 4.04. The second-order valence-corrected chi connectivity index (χ2v) is 8.82. The van der Waals surface area contributed by atoms with Crippen molar-refractivity contribution >= 4 is 22.1 Å². The molecular formula is C24H29N. The maximum atomic E-state index is 3.71. The Morgan fingerprint density at radius 3 is 2.04 bits per heavy atom. The molecule has 0 fully saturated rings. The first-order valence-corrected chi connectivity index (χ1v) is 9.11. The van der Waals surface area contributed by atoms with E-state index in [1.165, 1.54) is 22.0 Å². The van der Waals surface area contributed by atoms with Crippen molar-refractivity contribution in [3.63, 3.8) is 0 Å². The molecule has 0 bridgehead atoms. The van der Waals surface area contributed by atoms with Crippen LogP contribution in [0.1, 0.15) is 46.6 Å². The molecule has 0 aliphatic heterocycles. The lowest BCUT2D eigenvalue weighted by Crippen LogP contribution is -2.25. The summed E-state index contributed by atoms with van der Waals surface area (Å²) in [6.07, 6.45) is 1.13. The maximum absolute atomic E-state index is 3.71. The lowest BCUT2D eigenvalue weighted by molar-refractivity contribution is 0.285. The monoisotopic (exact) mass is 331 g/mol. The molecule has 0 saturated heterocycles. The highest BCUT2D eigenvalue weighted by atomic mass is 14.9. The number of nitrogens with one attached hydrogen (secondary N) is 1. The number of benzene rings is 3. The van der Waals surface area contributed by atoms with Gasteiger partial charge in [0.2, 0.25) is 0 Å². The van der Waals surface area contributed by atoms with Crippen molar-refractivity contribution in [1.29, 1.82) is 0 Å². The van der Waals surface area contributed by atoms with Crippen LogP contribution in [0, 0.1) is 5.41 Å². The normalized spacial score (nSPS) is 12.4. The molecular weight excluding hydrogens is 302 g/mol. The molecule has 0 atom stereocenters. The van der Waals surface area contributed by atoms with E-state index in [-0.39, 0.29) is 10.8 Å². The fourth-order valence-electron chi connectivity index (χ4n) is 4.06. The number of hydrogen-bond acceptors (Lipinski definition) is 1. The van der Waals surface area contributed by atoms with E-state index in [4.69, 9.17) is 0 Å². The van der Waals surface area contributed by atoms with Gasteiger partial charge in [0.1, 0.15) is 0 Å². The van der Waals surface area contributed by atoms with Crippen LogP contribution in [0.5, 0.6) is 0 Å². The highest BCUT2D eigenvalue weighted by Gasteiger charge is 2.30. The third-order valence-corrected chi connectivity index (χ3v) is 4.67. The van der Waals surface area contributed by atoms with E-state index in [9.17, 15) is 0 Å². The predicted octanol–water partition coefficient (Wildman–Crippen LogP) is 7.30. The van der Waals surface area contributed by atoms with E-state index in [0.29, 0.717) is 0 Å². The van der Waals surface area contributed by atoms with Crippen LogP contribution in [0.15, 0.2) is 66.7 Å². The Labute approximate surface area is 152 Å². The predicted molar refractivity (Wildman–Crippen MR) is 111 cm³/mol. The Morgan fingerprint density at radius 1 is 0.720 bits per heavy atom. The largest absolute Gasteiger partial charge is 0.355 e. The molecule has 0 aliphatic carbocycles. The van der Waals surface area contributed by atoms with Crippen LogP contribution in [0.3, 0.4) is 0 Å². The first-order chi connectivity index (χ1) is 11.8. The summed E-state index contributed by atoms with van der Waals surface area (Å²) in [6, 6.07) is 23.7. The van der Waals surface area contributed by atoms with Crippen LogP contribution >= 0.6 is 0 Å². The Morgan fingerprint density at radius 2 is 1.36 bits per heavy atom. The lowest BCUT2D eigenvalue weighted by atomic mass is 9.71. The summed E-state index contributed by atoms with van der Waals surface area (Å²) < 4.78 is 0. The summed E-state index contributed by atoms with van der Waals surface area (Å²) in [4.78, 5) is 0. The summed E-state index contributed by atoms with van der Waals surface area (Å²) in [6.45, 7) is 11.7. The molecule has 1 nitrogen and oxygen atoms in total. The van der Waals surface area contributed by atoms with Crippen LogP contribution in [0.2, 0.25) is 0 Å². The SMILES string of the molecule is CC(C)(C)CC(C)(C)c1ccc2ccccc2c1Nc1ccccc1. The molecule has 0 heterocycles. The molecule has 130 valence electrons. The van der Waals surface area contributed by atoms with Gasteiger partial charge in [-0.15, -0.1) is 0 Å². The molecule has 0 radical (unpaired) electrons. The maximum Gasteiger partial charge on any atom is 0.0501 e. The van der Waals surface area contributed by atoms with Gasteiger partial charge >= 0.3 is 0 Å². The van der Waals surface area contributed by atoms with Crippen molar-refractivity contribution in [1.82, 2.24) is 0 Å². The molecule has 3 aromatic carbocycles. The van der Waals surface area contributed by atoms with Crippen molar-refractivity contribution in [3.8, 4) is 0 Å². The number of para-hydroxylation sites is 1. The Bertz CT molecular complexity index is 854. The van der Waals surface area contributed by atoms with Crippen molar-refractivity contribution in [2.75, 3.05) is 5.32 Å². The summed E-state index contributed by atoms with van der Waals surface area (Å²) in [5.41, 5.74) is 4.11. The Kier molecular flexibility index (Phi) is 4.60. The molecule has 3 aromatic rings. The number of anilines is 2. The topological polar surface area (TPSA) is 12.0 Å². The molecule has 1 heteroatoms. The van der Waals surface area contributed by atoms with Crippen LogP contribution in [-0.4, -0.2) is 0 Å². The van der Waals surface area contributed by atoms with Gasteiger partial charge in [-0.1, -0.05) is 89.2 Å². The first kappa shape index (κ1) is 17.5. The summed E-state index contributed by atoms with van der Waals surface area (Å²) in [7, 11) is 0. The number of rotatable bonds is 4. The zero-order chi connectivity index (χ0) is 18.1. The molecule has 1 N–H and O–H groups in total. The van der Waals surface area contributed by atoms with Gasteiger partial charge in [-0.05, 0) is 40.3 Å². The molecule has 0 saturated carbocycles. The van der Waals surface area contributed by atoms with Crippen LogP contribution in [0.4, 0.5) is 11.4 Å². The van der Waals surface area contributed by atoms with Gasteiger partial charge < -0.3 is 5.32 Å². The standard InChI is InChI=1S/C24H29N/c1-23(2,3)17-24(4,5)21-16-15-18-11-9-10-14-20(18)22(21)25-19-12-7-6-8-13-19/h6-16,25H,17H2,1-5H3. The van der Waals surface area contributed by atoms with E-state index >= 15 is 0 Å². The van der Waals surface area contributed by atoms with Gasteiger partial charge in [0.25, 0.3) is 0 Å². The molecule has 0 amide bonds. The highest BCUT2D eigenvalue weighted by molar-refractivity contribution is 5.97. The van der Waals surface area contributed by atoms with Crippen molar-refractivity contribution in [3.05, 3.63) is 72.3 Å². The fraction of sp³-hybridized carbons (Fsp3) is 0.333. The van der Waals surface area contributed by atoms with Crippen LogP contribution < -0.4 is 5.32 Å². The Hall–Kier alpha value is -2.28. The zero-order valence-corrected chi connectivity index (χ0v) is 16.1. The first-order valence-electron chi connectivity index (χ1n) is 9.11. The van der Waals surface area contributed by atoms with E-state index in [2.05, 4.69) is 107 Å². The van der Waals surface area contributed by atoms with Gasteiger partial charge in [-0.3, -0.25) is 0 Å². The molecule has 25 heavy (non-hydrogen) atoms. The van der Waals surface area contributed by atoms with Gasteiger partial charge in [0.05, 0.1) is 5.69 Å². The summed E-state index contributed by atoms with van der Waals surface area (Å²) >= 11 is 0. The summed E-state index contributed by atoms with van der Waals surface area (Å²) in [5, 5.41) is 6.26. The van der Waals surface area contributed by atoms with Crippen molar-refractivity contribution in [2.24, 2.45) is 5.41 Å². The van der Waals surface area contributed by atoms with E-state index < -0.39 is 0 Å². The second kappa shape index (κ2) is 6.55. The molecule has 0 unspecified atom stereocenters. The second-order valence-electron chi connectivity index (χ2n) is 8.82. The molecule has 0 spiro atoms. The van der Waals surface area contributed by atoms with Crippen molar-refractivity contribution in [2.45, 2.75) is 46.5 Å². The quantitative estimate of drug-likeness (QED) is 0.529. The van der Waals surface area contributed by atoms with E-state index in [1.807, 2.05) is 0 Å². The average Bonchev–Trinajstić information content (AvgIpc) is 2.53. The smallest absolute Gasteiger partial charge is 0.0501 e. The van der Waals surface area contributed by atoms with E-state index in [0.717, 1.165) is 12.1 Å². The average molecular weight is 332 g/mol. The van der Waals surface area contributed by atoms with E-state index in [1.54, 1.807) is 0 Å². The fourth-order valence-corrected chi connectivity index (χ4v) is 4.06. The van der Waals surface area contributed by atoms with Gasteiger partial charge in [0.15, 0.2) is 0 Å². The van der Waals surface area contributed by atoms with Crippen LogP contribution in [-0.2, 0) is 5.41 Å². The third-order valence-electron chi connectivity index (χ3n) is 4.67. The summed E-state index contributed by atoms with van der Waals surface area (Å²) in [5.74, 6) is 0. The van der Waals surface area contributed by atoms with Gasteiger partial charge in [0, 0.05) is 11.1 Å². The Balaban J connectivity index is 2.16. The van der Waals surface area contributed by atoms with Gasteiger partial charge in [-0.25, -0.2) is 0 Å². The molecule has 0 aromatic heterocycles. The minimum absolute atomic E-state index is 0.0827. The highest BCUT2D eigenvalue weighted by Crippen LogP contribution is 2.42. The number of fused-ring (bicyclic) bond motifs is 1. The molecule has 3 rings (SSSR count). The lowest BCUT2D eigenvalue weighted by Gasteiger charge is -2.35. The minimum Gasteiger partial charge on any atom is -0.355 e. The van der Waals surface area contributed by atoms with Crippen molar-refractivity contribution < 1.29 is 0 Å². The molecule has 0 aliphatic rings. The minimum atomic E-state index is 0.0827. The number of hydrogen-bond donors (Lipinski definition) is 1.